The molecule has 0 radical (unpaired) electrons. The van der Waals surface area contributed by atoms with Crippen molar-refractivity contribution in [2.75, 3.05) is 32.3 Å². The largest absolute Gasteiger partial charge is 0.493 e. The fourth-order valence-electron chi connectivity index (χ4n) is 3.29. The quantitative estimate of drug-likeness (QED) is 0.475. The number of hydrogen-bond acceptors (Lipinski definition) is 7. The Bertz CT molecular complexity index is 1050. The van der Waals surface area contributed by atoms with Crippen molar-refractivity contribution in [2.24, 2.45) is 5.92 Å². The number of methoxy groups -OCH3 is 2. The van der Waals surface area contributed by atoms with E-state index in [9.17, 15) is 9.59 Å². The third-order valence-corrected chi connectivity index (χ3v) is 5.06. The lowest BCUT2D eigenvalue weighted by atomic mass is 10.1. The standard InChI is InChI=1S/C22H21ClN2O6/c1-4-30-19-8-13(11-24)7-16(23)21(19)31-22(27)14-9-20(26)25(12-14)15-5-6-17(28-2)18(10-15)29-3/h5-8,10,14H,4,9,12H2,1-3H3. The highest BCUT2D eigenvalue weighted by Gasteiger charge is 2.37. The number of carbonyl (C=O) groups excluding carboxylic acids is 2. The number of benzene rings is 2. The SMILES string of the molecule is CCOc1cc(C#N)cc(Cl)c1OC(=O)C1CC(=O)N(c2ccc(OC)c(OC)c2)C1. The molecule has 2 aromatic rings. The smallest absolute Gasteiger partial charge is 0.316 e. The monoisotopic (exact) mass is 444 g/mol. The summed E-state index contributed by atoms with van der Waals surface area (Å²) in [7, 11) is 3.03. The third kappa shape index (κ3) is 4.67. The molecule has 1 heterocycles. The molecule has 1 aliphatic heterocycles. The molecule has 0 aromatic heterocycles. The first-order valence-electron chi connectivity index (χ1n) is 9.52. The highest BCUT2D eigenvalue weighted by molar-refractivity contribution is 6.32. The lowest BCUT2D eigenvalue weighted by molar-refractivity contribution is -0.139. The normalized spacial score (nSPS) is 15.4. The van der Waals surface area contributed by atoms with Crippen molar-refractivity contribution in [3.05, 3.63) is 40.9 Å². The molecular weight excluding hydrogens is 424 g/mol. The third-order valence-electron chi connectivity index (χ3n) is 4.78. The van der Waals surface area contributed by atoms with Crippen molar-refractivity contribution in [1.82, 2.24) is 0 Å². The average molecular weight is 445 g/mol. The summed E-state index contributed by atoms with van der Waals surface area (Å²) in [5, 5.41) is 9.19. The van der Waals surface area contributed by atoms with Crippen LogP contribution in [0.3, 0.4) is 0 Å². The Morgan fingerprint density at radius 1 is 1.19 bits per heavy atom. The molecule has 1 unspecified atom stereocenters. The Morgan fingerprint density at radius 2 is 1.94 bits per heavy atom. The summed E-state index contributed by atoms with van der Waals surface area (Å²) in [5.74, 6) is -0.279. The lowest BCUT2D eigenvalue weighted by Crippen LogP contribution is -2.27. The number of amides is 1. The zero-order valence-electron chi connectivity index (χ0n) is 17.3. The number of esters is 1. The molecule has 0 spiro atoms. The van der Waals surface area contributed by atoms with Crippen molar-refractivity contribution in [3.8, 4) is 29.1 Å². The molecule has 0 saturated carbocycles. The molecule has 9 heteroatoms. The number of hydrogen-bond donors (Lipinski definition) is 0. The maximum absolute atomic E-state index is 12.8. The van der Waals surface area contributed by atoms with Gasteiger partial charge in [-0.25, -0.2) is 0 Å². The molecule has 1 saturated heterocycles. The summed E-state index contributed by atoms with van der Waals surface area (Å²) in [4.78, 5) is 26.9. The number of anilines is 1. The van der Waals surface area contributed by atoms with Crippen molar-refractivity contribution in [3.63, 3.8) is 0 Å². The Balaban J connectivity index is 1.79. The van der Waals surface area contributed by atoms with Gasteiger partial charge in [0.2, 0.25) is 5.91 Å². The van der Waals surface area contributed by atoms with E-state index in [1.165, 1.54) is 31.3 Å². The molecule has 162 valence electrons. The van der Waals surface area contributed by atoms with Crippen molar-refractivity contribution in [2.45, 2.75) is 13.3 Å². The summed E-state index contributed by atoms with van der Waals surface area (Å²) < 4.78 is 21.5. The first kappa shape index (κ1) is 22.2. The van der Waals surface area contributed by atoms with E-state index < -0.39 is 11.9 Å². The molecule has 1 fully saturated rings. The van der Waals surface area contributed by atoms with Crippen LogP contribution in [0.1, 0.15) is 18.9 Å². The van der Waals surface area contributed by atoms with Gasteiger partial charge >= 0.3 is 5.97 Å². The van der Waals surface area contributed by atoms with Crippen LogP contribution in [0, 0.1) is 17.2 Å². The van der Waals surface area contributed by atoms with Crippen LogP contribution >= 0.6 is 11.6 Å². The Hall–Kier alpha value is -3.44. The van der Waals surface area contributed by atoms with Crippen LogP contribution in [0.4, 0.5) is 5.69 Å². The summed E-state index contributed by atoms with van der Waals surface area (Å²) >= 11 is 6.20. The zero-order valence-corrected chi connectivity index (χ0v) is 18.1. The van der Waals surface area contributed by atoms with Crippen LogP contribution in [0.25, 0.3) is 0 Å². The van der Waals surface area contributed by atoms with Crippen molar-refractivity contribution < 1.29 is 28.5 Å². The maximum Gasteiger partial charge on any atom is 0.316 e. The number of carbonyl (C=O) groups is 2. The van der Waals surface area contributed by atoms with Gasteiger partial charge in [-0.05, 0) is 25.1 Å². The Kier molecular flexibility index (Phi) is 6.88. The van der Waals surface area contributed by atoms with Gasteiger partial charge in [0, 0.05) is 30.8 Å². The maximum atomic E-state index is 12.8. The molecule has 0 N–H and O–H groups in total. The highest BCUT2D eigenvalue weighted by atomic mass is 35.5. The van der Waals surface area contributed by atoms with E-state index in [1.54, 1.807) is 25.1 Å². The summed E-state index contributed by atoms with van der Waals surface area (Å²) in [6, 6.07) is 9.91. The topological polar surface area (TPSA) is 98.1 Å². The fraction of sp³-hybridized carbons (Fsp3) is 0.318. The van der Waals surface area contributed by atoms with Crippen LogP contribution in [0.2, 0.25) is 5.02 Å². The minimum atomic E-state index is -0.693. The van der Waals surface area contributed by atoms with Crippen LogP contribution in [-0.2, 0) is 9.59 Å². The summed E-state index contributed by atoms with van der Waals surface area (Å²) in [6.45, 7) is 2.20. The molecule has 0 bridgehead atoms. The summed E-state index contributed by atoms with van der Waals surface area (Å²) in [5.41, 5.74) is 0.869. The molecule has 1 aliphatic rings. The lowest BCUT2D eigenvalue weighted by Gasteiger charge is -2.19. The number of halogens is 1. The van der Waals surface area contributed by atoms with Crippen molar-refractivity contribution in [1.29, 1.82) is 5.26 Å². The Morgan fingerprint density at radius 3 is 2.58 bits per heavy atom. The van der Waals surface area contributed by atoms with Gasteiger partial charge in [-0.15, -0.1) is 0 Å². The first-order chi connectivity index (χ1) is 14.9. The minimum absolute atomic E-state index is 0.00888. The number of ether oxygens (including phenoxy) is 4. The second-order valence-corrected chi connectivity index (χ2v) is 7.10. The van der Waals surface area contributed by atoms with Crippen molar-refractivity contribution >= 4 is 29.2 Å². The molecule has 1 amide bonds. The van der Waals surface area contributed by atoms with E-state index in [2.05, 4.69) is 0 Å². The van der Waals surface area contributed by atoms with E-state index in [0.717, 1.165) is 0 Å². The van der Waals surface area contributed by atoms with Gasteiger partial charge in [-0.3, -0.25) is 9.59 Å². The molecule has 8 nitrogen and oxygen atoms in total. The van der Waals surface area contributed by atoms with E-state index in [-0.39, 0.29) is 41.0 Å². The second kappa shape index (κ2) is 9.58. The molecule has 2 aromatic carbocycles. The molecule has 1 atom stereocenters. The van der Waals surface area contributed by atoms with Gasteiger partial charge in [0.05, 0.1) is 43.4 Å². The van der Waals surface area contributed by atoms with Crippen LogP contribution in [-0.4, -0.2) is 39.2 Å². The van der Waals surface area contributed by atoms with Gasteiger partial charge in [0.15, 0.2) is 23.0 Å². The number of nitrogens with zero attached hydrogens (tertiary/aromatic N) is 2. The number of nitriles is 1. The highest BCUT2D eigenvalue weighted by Crippen LogP contribution is 2.38. The van der Waals surface area contributed by atoms with E-state index in [1.807, 2.05) is 6.07 Å². The summed E-state index contributed by atoms with van der Waals surface area (Å²) in [6.07, 6.45) is -0.00888. The van der Waals surface area contributed by atoms with Gasteiger partial charge in [0.1, 0.15) is 0 Å². The van der Waals surface area contributed by atoms with E-state index in [0.29, 0.717) is 23.8 Å². The molecule has 0 aliphatic carbocycles. The fourth-order valence-corrected chi connectivity index (χ4v) is 3.54. The number of rotatable bonds is 7. The van der Waals surface area contributed by atoms with E-state index >= 15 is 0 Å². The van der Waals surface area contributed by atoms with Crippen LogP contribution in [0.5, 0.6) is 23.0 Å². The molecular formula is C22H21ClN2O6. The second-order valence-electron chi connectivity index (χ2n) is 6.70. The van der Waals surface area contributed by atoms with E-state index in [4.69, 9.17) is 35.8 Å². The van der Waals surface area contributed by atoms with Gasteiger partial charge in [0.25, 0.3) is 0 Å². The predicted octanol–water partition coefficient (Wildman–Crippen LogP) is 3.59. The van der Waals surface area contributed by atoms with Gasteiger partial charge < -0.3 is 23.8 Å². The van der Waals surface area contributed by atoms with Gasteiger partial charge in [-0.2, -0.15) is 5.26 Å². The minimum Gasteiger partial charge on any atom is -0.493 e. The first-order valence-corrected chi connectivity index (χ1v) is 9.90. The molecule has 3 rings (SSSR count). The predicted molar refractivity (Wildman–Crippen MR) is 113 cm³/mol. The average Bonchev–Trinajstić information content (AvgIpc) is 3.17. The van der Waals surface area contributed by atoms with Crippen LogP contribution in [0.15, 0.2) is 30.3 Å². The Labute approximate surface area is 184 Å². The molecule has 31 heavy (non-hydrogen) atoms. The van der Waals surface area contributed by atoms with Gasteiger partial charge in [-0.1, -0.05) is 11.6 Å². The van der Waals surface area contributed by atoms with Crippen LogP contribution < -0.4 is 23.8 Å². The zero-order chi connectivity index (χ0) is 22.5.